The van der Waals surface area contributed by atoms with E-state index < -0.39 is 53.2 Å². The molecule has 2 rings (SSSR count). The molecule has 0 aliphatic carbocycles. The Labute approximate surface area is 190 Å². The number of nitrogens with two attached hydrogens (primary N) is 1. The minimum atomic E-state index is -1.75. The van der Waals surface area contributed by atoms with Gasteiger partial charge in [-0.2, -0.15) is 0 Å². The summed E-state index contributed by atoms with van der Waals surface area (Å²) in [6.07, 6.45) is 0. The van der Waals surface area contributed by atoms with Crippen molar-refractivity contribution in [3.05, 3.63) is 11.3 Å². The number of aliphatic hydroxyl groups is 1. The van der Waals surface area contributed by atoms with Gasteiger partial charge in [0.25, 0.3) is 11.6 Å². The first kappa shape index (κ1) is 25.2. The largest absolute Gasteiger partial charge is 1.00 e. The molecule has 0 aromatic rings. The molecular formula is C14H18N3NaO8S2. The Hall–Kier alpha value is -0.800. The summed E-state index contributed by atoms with van der Waals surface area (Å²) in [5, 5.41) is 31.0. The molecule has 2 aliphatic rings. The van der Waals surface area contributed by atoms with Gasteiger partial charge in [0.05, 0.1) is 24.0 Å². The van der Waals surface area contributed by atoms with Crippen LogP contribution in [0.1, 0.15) is 0 Å². The summed E-state index contributed by atoms with van der Waals surface area (Å²) in [5.41, 5.74) is 3.31. The Bertz CT molecular complexity index is 706. The summed E-state index contributed by atoms with van der Waals surface area (Å²) < 4.78 is 5.22. The van der Waals surface area contributed by atoms with Crippen molar-refractivity contribution in [3.8, 4) is 0 Å². The fraction of sp³-hybridized carbons (Fsp3) is 0.571. The zero-order valence-electron chi connectivity index (χ0n) is 15.2. The second-order valence-corrected chi connectivity index (χ2v) is 7.78. The van der Waals surface area contributed by atoms with Gasteiger partial charge in [0.2, 0.25) is 5.91 Å². The molecule has 0 unspecified atom stereocenters. The number of carboxylic acid groups (broad SMARTS) is 2. The van der Waals surface area contributed by atoms with Crippen LogP contribution in [0.3, 0.4) is 0 Å². The van der Waals surface area contributed by atoms with E-state index in [2.05, 4.69) is 5.32 Å². The first-order chi connectivity index (χ1) is 12.7. The molecule has 1 fully saturated rings. The second kappa shape index (κ2) is 10.3. The Morgan fingerprint density at radius 1 is 1.54 bits per heavy atom. The Kier molecular flexibility index (Phi) is 9.28. The van der Waals surface area contributed by atoms with Gasteiger partial charge in [-0.3, -0.25) is 19.3 Å². The number of carbonyl (C=O) groups excluding carboxylic acids is 3. The second-order valence-electron chi connectivity index (χ2n) is 5.68. The van der Waals surface area contributed by atoms with Gasteiger partial charge >= 0.3 is 35.5 Å². The number of nitrogens with one attached hydrogen (secondary N) is 1. The Morgan fingerprint density at radius 3 is 2.68 bits per heavy atom. The first-order valence-corrected chi connectivity index (χ1v) is 9.81. The van der Waals surface area contributed by atoms with E-state index in [0.717, 1.165) is 28.4 Å². The third kappa shape index (κ3) is 4.67. The molecule has 2 aliphatic heterocycles. The maximum atomic E-state index is 12.6. The van der Waals surface area contributed by atoms with E-state index in [4.69, 9.17) is 15.6 Å². The summed E-state index contributed by atoms with van der Waals surface area (Å²) in [5.74, 6) is -4.24. The quantitative estimate of drug-likeness (QED) is 0.151. The van der Waals surface area contributed by atoms with Crippen LogP contribution in [-0.4, -0.2) is 87.0 Å². The number of nitrogens with zero attached hydrogens (tertiary/aromatic N) is 1. The van der Waals surface area contributed by atoms with Gasteiger partial charge < -0.3 is 35.9 Å². The number of rotatable bonds is 9. The number of carboxylic acids is 2. The molecule has 11 nitrogen and oxygen atoms in total. The standard InChI is InChI=1S/C14H19N3O8S2.Na/c1-25-14(16-8(19)5-26-4-7(15)10(20)21)12(24)17-9(11(22)23)6(2-18)3-27-13(14)17;/h7,13,18H,2-5,15H2,1H3,(H,16,19)(H,20,21)(H,22,23);/q;+1/p-1/t7-,13-,14+;/m1./s1. The van der Waals surface area contributed by atoms with E-state index in [1.165, 1.54) is 7.11 Å². The van der Waals surface area contributed by atoms with Crippen LogP contribution in [0.4, 0.5) is 0 Å². The monoisotopic (exact) mass is 443 g/mol. The summed E-state index contributed by atoms with van der Waals surface area (Å²) in [7, 11) is 1.20. The number of methoxy groups -OCH3 is 1. The summed E-state index contributed by atoms with van der Waals surface area (Å²) in [6.45, 7) is -0.542. The molecule has 14 heteroatoms. The zero-order chi connectivity index (χ0) is 20.4. The van der Waals surface area contributed by atoms with Gasteiger partial charge in [-0.25, -0.2) is 0 Å². The van der Waals surface area contributed by atoms with Crippen molar-refractivity contribution in [1.29, 1.82) is 0 Å². The number of aliphatic carboxylic acids is 2. The Morgan fingerprint density at radius 2 is 2.18 bits per heavy atom. The van der Waals surface area contributed by atoms with Gasteiger partial charge in [0.1, 0.15) is 11.4 Å². The van der Waals surface area contributed by atoms with Gasteiger partial charge in [0, 0.05) is 18.6 Å². The van der Waals surface area contributed by atoms with Crippen LogP contribution in [0.25, 0.3) is 0 Å². The molecular weight excluding hydrogens is 425 g/mol. The maximum Gasteiger partial charge on any atom is 1.00 e. The van der Waals surface area contributed by atoms with Crippen molar-refractivity contribution in [1.82, 2.24) is 10.2 Å². The molecule has 1 saturated heterocycles. The normalized spacial score (nSPS) is 24.6. The van der Waals surface area contributed by atoms with E-state index in [1.807, 2.05) is 0 Å². The third-order valence-corrected chi connectivity index (χ3v) is 6.42. The molecule has 3 atom stereocenters. The molecule has 0 spiro atoms. The van der Waals surface area contributed by atoms with E-state index >= 15 is 0 Å². The summed E-state index contributed by atoms with van der Waals surface area (Å²) in [4.78, 5) is 47.7. The molecule has 0 radical (unpaired) electrons. The average Bonchev–Trinajstić information content (AvgIpc) is 2.63. The number of amides is 2. The van der Waals surface area contributed by atoms with Crippen molar-refractivity contribution in [2.45, 2.75) is 17.1 Å². The third-order valence-electron chi connectivity index (χ3n) is 3.99. The predicted octanol–water partition coefficient (Wildman–Crippen LogP) is -6.49. The number of hydrogen-bond acceptors (Lipinski definition) is 10. The smallest absolute Gasteiger partial charge is 0.543 e. The van der Waals surface area contributed by atoms with E-state index in [0.29, 0.717) is 0 Å². The summed E-state index contributed by atoms with van der Waals surface area (Å²) in [6, 6.07) is -1.12. The molecule has 2 amide bonds. The van der Waals surface area contributed by atoms with Crippen LogP contribution in [-0.2, 0) is 23.9 Å². The van der Waals surface area contributed by atoms with Crippen molar-refractivity contribution >= 4 is 47.3 Å². The number of β-lactam (4-membered cyclic amide) rings is 1. The number of fused-ring (bicyclic) bond motifs is 1. The van der Waals surface area contributed by atoms with Crippen LogP contribution in [0.2, 0.25) is 0 Å². The zero-order valence-corrected chi connectivity index (χ0v) is 18.8. The van der Waals surface area contributed by atoms with E-state index in [1.54, 1.807) is 0 Å². The molecule has 0 bridgehead atoms. The molecule has 0 aromatic carbocycles. The van der Waals surface area contributed by atoms with Gasteiger partial charge in [-0.15, -0.1) is 23.5 Å². The minimum Gasteiger partial charge on any atom is -0.543 e. The van der Waals surface area contributed by atoms with Crippen molar-refractivity contribution in [3.63, 3.8) is 0 Å². The van der Waals surface area contributed by atoms with Crippen molar-refractivity contribution in [2.75, 3.05) is 31.0 Å². The Balaban J connectivity index is 0.00000392. The van der Waals surface area contributed by atoms with Gasteiger partial charge in [0.15, 0.2) is 0 Å². The van der Waals surface area contributed by atoms with Crippen molar-refractivity contribution < 1.29 is 68.8 Å². The number of thioether (sulfide) groups is 2. The number of carbonyl (C=O) groups is 4. The van der Waals surface area contributed by atoms with Crippen molar-refractivity contribution in [2.24, 2.45) is 5.73 Å². The van der Waals surface area contributed by atoms with Crippen LogP contribution in [0.5, 0.6) is 0 Å². The molecule has 5 N–H and O–H groups in total. The van der Waals surface area contributed by atoms with Gasteiger partial charge in [-0.1, -0.05) is 0 Å². The number of aliphatic hydroxyl groups excluding tert-OH is 1. The minimum absolute atomic E-state index is 0. The van der Waals surface area contributed by atoms with Crippen LogP contribution in [0, 0.1) is 0 Å². The fourth-order valence-electron chi connectivity index (χ4n) is 2.65. The molecule has 2 heterocycles. The van der Waals surface area contributed by atoms with E-state index in [-0.39, 0.29) is 52.4 Å². The maximum absolute atomic E-state index is 12.6. The van der Waals surface area contributed by atoms with Gasteiger partial charge in [-0.05, 0) is 5.57 Å². The molecule has 150 valence electrons. The molecule has 28 heavy (non-hydrogen) atoms. The number of ether oxygens (including phenoxy) is 1. The van der Waals surface area contributed by atoms with Crippen LogP contribution in [0.15, 0.2) is 11.3 Å². The molecule has 0 saturated carbocycles. The number of hydrogen-bond donors (Lipinski definition) is 4. The molecule has 0 aromatic heterocycles. The van der Waals surface area contributed by atoms with E-state index in [9.17, 15) is 29.4 Å². The van der Waals surface area contributed by atoms with Crippen LogP contribution < -0.4 is 45.7 Å². The summed E-state index contributed by atoms with van der Waals surface area (Å²) >= 11 is 2.10. The SMILES string of the molecule is CO[C@@]1(NC(=O)CSC[C@@H](N)C(=O)O)C(=O)N2C(C(=O)[O-])=C(CO)CS[C@@H]21.[Na+]. The fourth-order valence-corrected chi connectivity index (χ4v) is 4.85. The topological polar surface area (TPSA) is 182 Å². The van der Waals surface area contributed by atoms with Crippen LogP contribution >= 0.6 is 23.5 Å². The predicted molar refractivity (Wildman–Crippen MR) is 93.0 cm³/mol. The average molecular weight is 443 g/mol. The first-order valence-electron chi connectivity index (χ1n) is 7.61.